The first-order chi connectivity index (χ1) is 16.1. The van der Waals surface area contributed by atoms with Crippen LogP contribution in [0.5, 0.6) is 0 Å². The molecule has 4 nitrogen and oxygen atoms in total. The predicted molar refractivity (Wildman–Crippen MR) is 139 cm³/mol. The molecule has 0 aromatic rings. The first kappa shape index (κ1) is 27.4. The van der Waals surface area contributed by atoms with Gasteiger partial charge in [-0.15, -0.1) is 6.58 Å². The molecule has 0 aliphatic heterocycles. The van der Waals surface area contributed by atoms with E-state index in [9.17, 15) is 15.3 Å². The van der Waals surface area contributed by atoms with Crippen LogP contribution in [-0.4, -0.2) is 44.8 Å². The zero-order valence-corrected chi connectivity index (χ0v) is 21.6. The summed E-state index contributed by atoms with van der Waals surface area (Å²) in [6.45, 7) is 10.1. The van der Waals surface area contributed by atoms with E-state index < -0.39 is 17.8 Å². The third kappa shape index (κ3) is 6.94. The minimum Gasteiger partial charge on any atom is -0.392 e. The Hall–Kier alpha value is -1.20. The van der Waals surface area contributed by atoms with E-state index in [0.717, 1.165) is 36.7 Å². The molecule has 0 amide bonds. The number of aliphatic hydroxyl groups is 4. The summed E-state index contributed by atoms with van der Waals surface area (Å²) in [6.07, 6.45) is 16.9. The summed E-state index contributed by atoms with van der Waals surface area (Å²) in [5.41, 5.74) is 2.61. The molecule has 3 fully saturated rings. The van der Waals surface area contributed by atoms with Crippen LogP contribution in [0.3, 0.4) is 0 Å². The van der Waals surface area contributed by atoms with Crippen molar-refractivity contribution < 1.29 is 20.4 Å². The van der Waals surface area contributed by atoms with Gasteiger partial charge in [-0.1, -0.05) is 55.2 Å². The first-order valence-corrected chi connectivity index (χ1v) is 13.5. The van der Waals surface area contributed by atoms with E-state index in [0.29, 0.717) is 36.2 Å². The van der Waals surface area contributed by atoms with Crippen LogP contribution in [0.25, 0.3) is 0 Å². The quantitative estimate of drug-likeness (QED) is 0.335. The summed E-state index contributed by atoms with van der Waals surface area (Å²) < 4.78 is 0. The van der Waals surface area contributed by atoms with E-state index in [1.807, 2.05) is 13.8 Å². The average molecular weight is 473 g/mol. The maximum atomic E-state index is 10.5. The van der Waals surface area contributed by atoms with Crippen molar-refractivity contribution in [3.05, 3.63) is 47.6 Å². The highest BCUT2D eigenvalue weighted by molar-refractivity contribution is 5.31. The van der Waals surface area contributed by atoms with Crippen LogP contribution in [0.2, 0.25) is 0 Å². The zero-order chi connectivity index (χ0) is 24.9. The number of hydrogen-bond donors (Lipinski definition) is 4. The van der Waals surface area contributed by atoms with E-state index in [1.165, 1.54) is 38.2 Å². The van der Waals surface area contributed by atoms with Gasteiger partial charge < -0.3 is 20.4 Å². The van der Waals surface area contributed by atoms with Crippen LogP contribution in [0.15, 0.2) is 47.6 Å². The second kappa shape index (κ2) is 12.2. The Morgan fingerprint density at radius 1 is 1.03 bits per heavy atom. The van der Waals surface area contributed by atoms with Gasteiger partial charge in [-0.3, -0.25) is 0 Å². The summed E-state index contributed by atoms with van der Waals surface area (Å²) in [6, 6.07) is 0. The molecule has 0 spiro atoms. The lowest BCUT2D eigenvalue weighted by atomic mass is 9.66. The molecule has 0 heterocycles. The molecule has 34 heavy (non-hydrogen) atoms. The number of hydrogen-bond acceptors (Lipinski definition) is 4. The SMILES string of the molecule is C=CC[C@@H]1CCC2C(CCC2[C@H](C)CCCC(C)(C)O)/C1=C/C=C1C[C@@H](O)C(=CCO)[C@H](O)C1. The molecule has 0 saturated heterocycles. The molecule has 4 heteroatoms. The second-order valence-corrected chi connectivity index (χ2v) is 11.8. The Morgan fingerprint density at radius 3 is 2.35 bits per heavy atom. The molecule has 192 valence electrons. The molecule has 3 saturated carbocycles. The highest BCUT2D eigenvalue weighted by Crippen LogP contribution is 2.54. The van der Waals surface area contributed by atoms with Crippen LogP contribution in [0.4, 0.5) is 0 Å². The molecular formula is C30H48O4. The van der Waals surface area contributed by atoms with Gasteiger partial charge in [0.1, 0.15) is 0 Å². The minimum absolute atomic E-state index is 0.157. The van der Waals surface area contributed by atoms with Gasteiger partial charge in [0.25, 0.3) is 0 Å². The maximum Gasteiger partial charge on any atom is 0.0813 e. The summed E-state index contributed by atoms with van der Waals surface area (Å²) in [5, 5.41) is 40.1. The van der Waals surface area contributed by atoms with Crippen LogP contribution in [0, 0.1) is 29.6 Å². The molecule has 0 aromatic carbocycles. The van der Waals surface area contributed by atoms with E-state index in [4.69, 9.17) is 5.11 Å². The lowest BCUT2D eigenvalue weighted by molar-refractivity contribution is 0.0650. The Balaban J connectivity index is 1.73. The second-order valence-electron chi connectivity index (χ2n) is 11.8. The molecule has 0 aromatic heterocycles. The summed E-state index contributed by atoms with van der Waals surface area (Å²) in [7, 11) is 0. The van der Waals surface area contributed by atoms with Gasteiger partial charge in [-0.05, 0) is 100 Å². The van der Waals surface area contributed by atoms with Crippen LogP contribution >= 0.6 is 0 Å². The predicted octanol–water partition coefficient (Wildman–Crippen LogP) is 5.48. The van der Waals surface area contributed by atoms with Gasteiger partial charge in [-0.2, -0.15) is 0 Å². The van der Waals surface area contributed by atoms with Crippen molar-refractivity contribution in [2.24, 2.45) is 29.6 Å². The van der Waals surface area contributed by atoms with Crippen molar-refractivity contribution in [1.82, 2.24) is 0 Å². The topological polar surface area (TPSA) is 80.9 Å². The van der Waals surface area contributed by atoms with Crippen LogP contribution < -0.4 is 0 Å². The van der Waals surface area contributed by atoms with Gasteiger partial charge in [0.15, 0.2) is 0 Å². The van der Waals surface area contributed by atoms with Gasteiger partial charge in [-0.25, -0.2) is 0 Å². The Labute approximate surface area is 207 Å². The summed E-state index contributed by atoms with van der Waals surface area (Å²) in [5.74, 6) is 3.36. The standard InChI is InChI=1S/C30H48O4/c1-5-7-22-10-12-25-23(20(2)8-6-16-30(3,4)34)13-14-26(25)24(22)11-9-21-18-28(32)27(15-17-31)29(33)19-21/h5,9,11,15,20,22-23,25-26,28-29,31-34H,1,6-8,10,12-14,16-19H2,2-4H3/b21-9?,24-11+,27-15?/t20-,22-,23?,25?,26?,28-,29-/m1/s1. The number of fused-ring (bicyclic) bond motifs is 1. The number of aliphatic hydroxyl groups excluding tert-OH is 3. The average Bonchev–Trinajstić information content (AvgIpc) is 3.19. The minimum atomic E-state index is -0.718. The zero-order valence-electron chi connectivity index (χ0n) is 21.6. The molecule has 3 aliphatic rings. The largest absolute Gasteiger partial charge is 0.392 e. The molecule has 0 bridgehead atoms. The van der Waals surface area contributed by atoms with Crippen molar-refractivity contribution in [3.8, 4) is 0 Å². The monoisotopic (exact) mass is 472 g/mol. The number of rotatable bonds is 9. The van der Waals surface area contributed by atoms with Gasteiger partial charge in [0, 0.05) is 0 Å². The Morgan fingerprint density at radius 2 is 1.74 bits per heavy atom. The van der Waals surface area contributed by atoms with E-state index in [2.05, 4.69) is 31.7 Å². The third-order valence-corrected chi connectivity index (χ3v) is 8.78. The highest BCUT2D eigenvalue weighted by atomic mass is 16.3. The van der Waals surface area contributed by atoms with E-state index in [-0.39, 0.29) is 6.61 Å². The van der Waals surface area contributed by atoms with Crippen molar-refractivity contribution in [3.63, 3.8) is 0 Å². The fourth-order valence-corrected chi connectivity index (χ4v) is 7.05. The lowest BCUT2D eigenvalue weighted by Crippen LogP contribution is -2.30. The van der Waals surface area contributed by atoms with Crippen LogP contribution in [-0.2, 0) is 0 Å². The fraction of sp³-hybridized carbons (Fsp3) is 0.733. The van der Waals surface area contributed by atoms with Crippen molar-refractivity contribution in [2.45, 2.75) is 103 Å². The molecule has 3 aliphatic carbocycles. The van der Waals surface area contributed by atoms with E-state index in [1.54, 1.807) is 5.57 Å². The molecule has 3 rings (SSSR count). The fourth-order valence-electron chi connectivity index (χ4n) is 7.05. The molecular weight excluding hydrogens is 424 g/mol. The molecule has 7 atom stereocenters. The van der Waals surface area contributed by atoms with Crippen molar-refractivity contribution >= 4 is 0 Å². The summed E-state index contributed by atoms with van der Waals surface area (Å²) >= 11 is 0. The first-order valence-electron chi connectivity index (χ1n) is 13.5. The summed E-state index contributed by atoms with van der Waals surface area (Å²) in [4.78, 5) is 0. The maximum absolute atomic E-state index is 10.5. The molecule has 0 radical (unpaired) electrons. The molecule has 4 N–H and O–H groups in total. The normalized spacial score (nSPS) is 34.1. The number of allylic oxidation sites excluding steroid dienone is 4. The Bertz CT molecular complexity index is 755. The van der Waals surface area contributed by atoms with E-state index >= 15 is 0 Å². The lowest BCUT2D eigenvalue weighted by Gasteiger charge is -2.38. The Kier molecular flexibility index (Phi) is 9.80. The third-order valence-electron chi connectivity index (χ3n) is 8.78. The highest BCUT2D eigenvalue weighted by Gasteiger charge is 2.44. The van der Waals surface area contributed by atoms with Gasteiger partial charge >= 0.3 is 0 Å². The van der Waals surface area contributed by atoms with Gasteiger partial charge in [0.05, 0.1) is 24.4 Å². The van der Waals surface area contributed by atoms with Crippen molar-refractivity contribution in [2.75, 3.05) is 6.61 Å². The molecule has 3 unspecified atom stereocenters. The van der Waals surface area contributed by atoms with Crippen molar-refractivity contribution in [1.29, 1.82) is 0 Å². The van der Waals surface area contributed by atoms with Gasteiger partial charge in [0.2, 0.25) is 0 Å². The smallest absolute Gasteiger partial charge is 0.0813 e. The van der Waals surface area contributed by atoms with Crippen LogP contribution in [0.1, 0.15) is 85.0 Å².